The first-order valence-electron chi connectivity index (χ1n) is 8.58. The summed E-state index contributed by atoms with van der Waals surface area (Å²) in [5.41, 5.74) is 0.517. The molecule has 0 bridgehead atoms. The van der Waals surface area contributed by atoms with Crippen LogP contribution in [-0.4, -0.2) is 13.1 Å². The summed E-state index contributed by atoms with van der Waals surface area (Å²) in [5, 5.41) is 3.72. The summed E-state index contributed by atoms with van der Waals surface area (Å²) in [6.45, 7) is 14.4. The fourth-order valence-electron chi connectivity index (χ4n) is 3.97. The van der Waals surface area contributed by atoms with Crippen LogP contribution in [0.15, 0.2) is 0 Å². The molecule has 2 aliphatic rings. The Bertz CT molecular complexity index is 272. The van der Waals surface area contributed by atoms with Gasteiger partial charge in [-0.1, -0.05) is 34.6 Å². The van der Waals surface area contributed by atoms with Crippen molar-refractivity contribution < 1.29 is 0 Å². The fourth-order valence-corrected chi connectivity index (χ4v) is 3.97. The quantitative estimate of drug-likeness (QED) is 0.758. The smallest absolute Gasteiger partial charge is 0.00176 e. The molecule has 1 heteroatoms. The lowest BCUT2D eigenvalue weighted by atomic mass is 9.64. The summed E-state index contributed by atoms with van der Waals surface area (Å²) < 4.78 is 0. The molecule has 2 saturated carbocycles. The van der Waals surface area contributed by atoms with E-state index in [0.29, 0.717) is 5.41 Å². The fraction of sp³-hybridized carbons (Fsp3) is 1.00. The molecule has 0 aromatic rings. The topological polar surface area (TPSA) is 12.0 Å². The Labute approximate surface area is 120 Å². The monoisotopic (exact) mass is 265 g/mol. The highest BCUT2D eigenvalue weighted by atomic mass is 14.9. The molecular formula is C18H35N. The van der Waals surface area contributed by atoms with Gasteiger partial charge in [-0.2, -0.15) is 0 Å². The van der Waals surface area contributed by atoms with Crippen molar-refractivity contribution in [3.05, 3.63) is 0 Å². The third-order valence-corrected chi connectivity index (χ3v) is 5.46. The molecule has 0 radical (unpaired) electrons. The average Bonchev–Trinajstić information content (AvgIpc) is 3.11. The van der Waals surface area contributed by atoms with Crippen molar-refractivity contribution in [1.82, 2.24) is 5.32 Å². The maximum Gasteiger partial charge on any atom is -0.00176 e. The van der Waals surface area contributed by atoms with Gasteiger partial charge < -0.3 is 5.32 Å². The van der Waals surface area contributed by atoms with Gasteiger partial charge in [0.05, 0.1) is 0 Å². The lowest BCUT2D eigenvalue weighted by Gasteiger charge is -2.42. The molecule has 3 unspecified atom stereocenters. The van der Waals surface area contributed by atoms with E-state index in [1.54, 1.807) is 0 Å². The Hall–Kier alpha value is -0.0400. The maximum atomic E-state index is 3.72. The lowest BCUT2D eigenvalue weighted by Crippen LogP contribution is -2.38. The van der Waals surface area contributed by atoms with Gasteiger partial charge in [-0.05, 0) is 80.2 Å². The standard InChI is InChI=1S/C18H35N/c1-13(2)11-19-12-15-8-9-16(18(3,4)5)10-17(15)14-6-7-14/h13-17,19H,6-12H2,1-5H3. The van der Waals surface area contributed by atoms with Gasteiger partial charge in [0.1, 0.15) is 0 Å². The minimum atomic E-state index is 0.517. The van der Waals surface area contributed by atoms with E-state index in [1.165, 1.54) is 45.2 Å². The summed E-state index contributed by atoms with van der Waals surface area (Å²) >= 11 is 0. The van der Waals surface area contributed by atoms with Crippen molar-refractivity contribution in [2.45, 2.75) is 66.7 Å². The van der Waals surface area contributed by atoms with Crippen molar-refractivity contribution in [2.24, 2.45) is 35.0 Å². The first kappa shape index (κ1) is 15.4. The van der Waals surface area contributed by atoms with Crippen LogP contribution in [0.4, 0.5) is 0 Å². The molecule has 0 amide bonds. The maximum absolute atomic E-state index is 3.72. The number of nitrogens with one attached hydrogen (secondary N) is 1. The summed E-state index contributed by atoms with van der Waals surface area (Å²) in [5.74, 6) is 4.81. The third kappa shape index (κ3) is 4.48. The predicted octanol–water partition coefficient (Wildman–Crippen LogP) is 4.72. The number of hydrogen-bond donors (Lipinski definition) is 1. The van der Waals surface area contributed by atoms with Crippen molar-refractivity contribution in [1.29, 1.82) is 0 Å². The van der Waals surface area contributed by atoms with Crippen LogP contribution in [0.2, 0.25) is 0 Å². The van der Waals surface area contributed by atoms with E-state index in [1.807, 2.05) is 0 Å². The van der Waals surface area contributed by atoms with Crippen LogP contribution in [-0.2, 0) is 0 Å². The van der Waals surface area contributed by atoms with Gasteiger partial charge in [-0.3, -0.25) is 0 Å². The van der Waals surface area contributed by atoms with Crippen LogP contribution in [0.1, 0.15) is 66.7 Å². The molecule has 2 aliphatic carbocycles. The largest absolute Gasteiger partial charge is 0.316 e. The zero-order valence-corrected chi connectivity index (χ0v) is 13.8. The van der Waals surface area contributed by atoms with Crippen molar-refractivity contribution >= 4 is 0 Å². The molecule has 0 aliphatic heterocycles. The molecule has 3 atom stereocenters. The molecule has 19 heavy (non-hydrogen) atoms. The second-order valence-corrected chi connectivity index (χ2v) is 8.69. The molecule has 2 rings (SSSR count). The van der Waals surface area contributed by atoms with E-state index >= 15 is 0 Å². The van der Waals surface area contributed by atoms with Crippen LogP contribution < -0.4 is 5.32 Å². The lowest BCUT2D eigenvalue weighted by molar-refractivity contribution is 0.0855. The zero-order chi connectivity index (χ0) is 14.0. The van der Waals surface area contributed by atoms with Gasteiger partial charge in [0.25, 0.3) is 0 Å². The molecule has 1 nitrogen and oxygen atoms in total. The molecule has 0 aromatic carbocycles. The van der Waals surface area contributed by atoms with Gasteiger partial charge in [0.2, 0.25) is 0 Å². The second-order valence-electron chi connectivity index (χ2n) is 8.69. The van der Waals surface area contributed by atoms with Gasteiger partial charge in [0, 0.05) is 0 Å². The van der Waals surface area contributed by atoms with Crippen LogP contribution in [0, 0.1) is 35.0 Å². The number of hydrogen-bond acceptors (Lipinski definition) is 1. The van der Waals surface area contributed by atoms with E-state index in [-0.39, 0.29) is 0 Å². The van der Waals surface area contributed by atoms with Crippen molar-refractivity contribution in [2.75, 3.05) is 13.1 Å². The van der Waals surface area contributed by atoms with Crippen LogP contribution in [0.5, 0.6) is 0 Å². The minimum Gasteiger partial charge on any atom is -0.316 e. The molecule has 0 saturated heterocycles. The highest BCUT2D eigenvalue weighted by molar-refractivity contribution is 4.93. The first-order chi connectivity index (χ1) is 8.88. The van der Waals surface area contributed by atoms with Crippen molar-refractivity contribution in [3.8, 4) is 0 Å². The van der Waals surface area contributed by atoms with Crippen LogP contribution >= 0.6 is 0 Å². The van der Waals surface area contributed by atoms with E-state index in [4.69, 9.17) is 0 Å². The summed E-state index contributed by atoms with van der Waals surface area (Å²) in [6.07, 6.45) is 7.46. The molecule has 0 heterocycles. The Morgan fingerprint density at radius 1 is 1.05 bits per heavy atom. The van der Waals surface area contributed by atoms with E-state index in [9.17, 15) is 0 Å². The van der Waals surface area contributed by atoms with Crippen molar-refractivity contribution in [3.63, 3.8) is 0 Å². The Balaban J connectivity index is 1.86. The third-order valence-electron chi connectivity index (χ3n) is 5.46. The SMILES string of the molecule is CC(C)CNCC1CCC(C(C)(C)C)CC1C1CC1. The van der Waals surface area contributed by atoms with Gasteiger partial charge >= 0.3 is 0 Å². The molecule has 0 aromatic heterocycles. The minimum absolute atomic E-state index is 0.517. The van der Waals surface area contributed by atoms with E-state index < -0.39 is 0 Å². The highest BCUT2D eigenvalue weighted by Gasteiger charge is 2.42. The molecule has 2 fully saturated rings. The zero-order valence-electron chi connectivity index (χ0n) is 13.8. The summed E-state index contributed by atoms with van der Waals surface area (Å²) in [7, 11) is 0. The molecular weight excluding hydrogens is 230 g/mol. The molecule has 0 spiro atoms. The Morgan fingerprint density at radius 3 is 2.26 bits per heavy atom. The predicted molar refractivity (Wildman–Crippen MR) is 84.2 cm³/mol. The van der Waals surface area contributed by atoms with Gasteiger partial charge in [0.15, 0.2) is 0 Å². The van der Waals surface area contributed by atoms with Gasteiger partial charge in [-0.15, -0.1) is 0 Å². The summed E-state index contributed by atoms with van der Waals surface area (Å²) in [4.78, 5) is 0. The Morgan fingerprint density at radius 2 is 1.74 bits per heavy atom. The van der Waals surface area contributed by atoms with E-state index in [0.717, 1.165) is 29.6 Å². The number of rotatable bonds is 5. The normalized spacial score (nSPS) is 32.8. The average molecular weight is 265 g/mol. The summed E-state index contributed by atoms with van der Waals surface area (Å²) in [6, 6.07) is 0. The first-order valence-corrected chi connectivity index (χ1v) is 8.58. The Kier molecular flexibility index (Phi) is 4.98. The molecule has 1 N–H and O–H groups in total. The second kappa shape index (κ2) is 6.16. The van der Waals surface area contributed by atoms with Gasteiger partial charge in [-0.25, -0.2) is 0 Å². The van der Waals surface area contributed by atoms with Crippen LogP contribution in [0.3, 0.4) is 0 Å². The highest BCUT2D eigenvalue weighted by Crippen LogP contribution is 2.51. The van der Waals surface area contributed by atoms with Crippen LogP contribution in [0.25, 0.3) is 0 Å². The van der Waals surface area contributed by atoms with E-state index in [2.05, 4.69) is 39.9 Å². The molecule has 112 valence electrons.